The summed E-state index contributed by atoms with van der Waals surface area (Å²) in [6.45, 7) is 7.50. The van der Waals surface area contributed by atoms with Gasteiger partial charge in [-0.3, -0.25) is 43.3 Å². The minimum absolute atomic E-state index is 0.0151. The Labute approximate surface area is 502 Å². The molecule has 8 N–H and O–H groups in total. The Hall–Kier alpha value is -7.13. The van der Waals surface area contributed by atoms with Gasteiger partial charge >= 0.3 is 0 Å². The molecule has 4 saturated carbocycles. The van der Waals surface area contributed by atoms with Crippen molar-refractivity contribution in [3.05, 3.63) is 93.3 Å². The number of rotatable bonds is 21. The van der Waals surface area contributed by atoms with Crippen molar-refractivity contribution in [1.29, 1.82) is 5.26 Å². The zero-order chi connectivity index (χ0) is 60.5. The molecule has 0 spiro atoms. The van der Waals surface area contributed by atoms with E-state index < -0.39 is 141 Å². The summed E-state index contributed by atoms with van der Waals surface area (Å²) in [5.74, 6) is -6.23. The SMILES string of the molecule is C=C[C@@H]1OC(O[C@@H]2c3c(O)c4c(c(O)c3CC3(C(=O)NC56CC(NC(=O)CNC(=O)CNC(=O)CNC(=O)CCNC(=O)c7ccc(C#N)c(C(C)(I)CCC)n7)(C5)C6)CC23)C(=O)c2cccc(OC)c2C4=O)C[C@H]2[C@@H]1OC1[C@@H](OC)OCCN12. The number of hydrogen-bond acceptors (Lipinski definition) is 19. The van der Waals surface area contributed by atoms with Crippen molar-refractivity contribution in [3.8, 4) is 23.3 Å². The van der Waals surface area contributed by atoms with Crippen molar-refractivity contribution in [2.45, 2.75) is 129 Å². The number of phenolic OH excluding ortho intramolecular Hbond substituents is 2. The van der Waals surface area contributed by atoms with Crippen molar-refractivity contribution in [3.63, 3.8) is 0 Å². The number of halogens is 1. The maximum atomic E-state index is 14.9. The Morgan fingerprint density at radius 2 is 1.61 bits per heavy atom. The Morgan fingerprint density at radius 1 is 0.918 bits per heavy atom. The number of aromatic hydroxyl groups is 2. The highest BCUT2D eigenvalue weighted by Gasteiger charge is 2.73. The van der Waals surface area contributed by atoms with Crippen LogP contribution in [0.25, 0.3) is 0 Å². The number of morpholine rings is 1. The molecule has 12 rings (SSSR count). The van der Waals surface area contributed by atoms with Gasteiger partial charge in [-0.2, -0.15) is 5.26 Å². The number of carbonyl (C=O) groups is 8. The smallest absolute Gasteiger partial charge is 0.269 e. The molecule has 7 fully saturated rings. The fourth-order valence-electron chi connectivity index (χ4n) is 13.9. The Kier molecular flexibility index (Phi) is 16.1. The average molecular weight is 1280 g/mol. The highest BCUT2D eigenvalue weighted by molar-refractivity contribution is 14.1. The maximum Gasteiger partial charge on any atom is 0.269 e. The molecule has 6 amide bonds. The van der Waals surface area contributed by atoms with Crippen LogP contribution in [-0.4, -0.2) is 169 Å². The van der Waals surface area contributed by atoms with Gasteiger partial charge in [0.2, 0.25) is 35.3 Å². The highest BCUT2D eigenvalue weighted by Crippen LogP contribution is 2.70. The van der Waals surface area contributed by atoms with Crippen LogP contribution in [0.2, 0.25) is 0 Å². The predicted molar refractivity (Wildman–Crippen MR) is 304 cm³/mol. The van der Waals surface area contributed by atoms with E-state index in [-0.39, 0.29) is 83.4 Å². The Bertz CT molecular complexity index is 3370. The van der Waals surface area contributed by atoms with Gasteiger partial charge < -0.3 is 70.5 Å². The molecular formula is C59H66IN9O16. The van der Waals surface area contributed by atoms with Crippen LogP contribution in [0.1, 0.15) is 136 Å². The standard InChI is InChI=1S/C59H66IN9O16/c1-6-14-56(3,60)51-28(21-61)11-12-32(66-51)52(78)62-15-13-36(70)63-22-37(71)64-23-38(72)65-24-39(73)67-57-25-58(26-57,27-57)68-55(79)59-19-30-42(48(77)44-43(46(30)75)45(74)29-9-8-10-35(80-4)41(29)47(44)76)49(31(59)20-59)84-40-18-33-50(34(7-2)83-40)85-53-54(81-5)82-17-16-69(33)53/h7-12,31,33-34,40,49-50,53-54,75,77H,2,6,13-20,22-27H2,1,3-5H3,(H,62,78)(H,63,70)(H,64,71)(H,65,72)(H,67,73)(H,68,79)/t31?,33-,34-,40?,49-,50-,53?,54-,56?,57?,58?,59?/m0/s1. The lowest BCUT2D eigenvalue weighted by Gasteiger charge is -2.70. The van der Waals surface area contributed by atoms with Gasteiger partial charge in [-0.1, -0.05) is 54.1 Å². The van der Waals surface area contributed by atoms with E-state index in [1.807, 2.05) is 13.8 Å². The molecule has 6 aliphatic carbocycles. The number of hydrogen-bond donors (Lipinski definition) is 8. The third-order valence-electron chi connectivity index (χ3n) is 17.9. The van der Waals surface area contributed by atoms with E-state index in [9.17, 15) is 53.8 Å². The van der Waals surface area contributed by atoms with Gasteiger partial charge in [0.15, 0.2) is 24.6 Å². The third-order valence-corrected chi connectivity index (χ3v) is 18.9. The van der Waals surface area contributed by atoms with Gasteiger partial charge in [-0.15, -0.1) is 6.58 Å². The highest BCUT2D eigenvalue weighted by atomic mass is 127. The molecule has 2 bridgehead atoms. The lowest BCUT2D eigenvalue weighted by Crippen LogP contribution is -2.84. The largest absolute Gasteiger partial charge is 0.507 e. The zero-order valence-corrected chi connectivity index (χ0v) is 49.4. The molecule has 9 aliphatic rings. The van der Waals surface area contributed by atoms with Gasteiger partial charge in [-0.05, 0) is 63.6 Å². The number of pyridine rings is 1. The first-order valence-corrected chi connectivity index (χ1v) is 29.4. The van der Waals surface area contributed by atoms with Crippen LogP contribution in [0.4, 0.5) is 0 Å². The first-order valence-electron chi connectivity index (χ1n) is 28.3. The molecular weight excluding hydrogens is 1220 g/mol. The van der Waals surface area contributed by atoms with Gasteiger partial charge in [-0.25, -0.2) is 4.98 Å². The molecule has 3 aliphatic heterocycles. The number of ketones is 2. The summed E-state index contributed by atoms with van der Waals surface area (Å²) >= 11 is 2.22. The quantitative estimate of drug-likeness (QED) is 0.0256. The van der Waals surface area contributed by atoms with Crippen LogP contribution >= 0.6 is 22.6 Å². The Morgan fingerprint density at radius 3 is 2.29 bits per heavy atom. The number of nitrogens with one attached hydrogen (secondary N) is 6. The van der Waals surface area contributed by atoms with E-state index in [0.29, 0.717) is 43.7 Å². The molecule has 10 atom stereocenters. The lowest BCUT2D eigenvalue weighted by molar-refractivity contribution is -0.251. The van der Waals surface area contributed by atoms with Gasteiger partial charge in [0.1, 0.15) is 41.2 Å². The van der Waals surface area contributed by atoms with E-state index >= 15 is 0 Å². The fourth-order valence-corrected chi connectivity index (χ4v) is 14.8. The number of carbonyl (C=O) groups excluding carboxylic acids is 8. The second-order valence-electron chi connectivity index (χ2n) is 23.4. The number of fused-ring (bicyclic) bond motifs is 7. The fraction of sp³-hybridized carbons (Fsp3) is 0.525. The monoisotopic (exact) mass is 1280 g/mol. The molecule has 3 saturated heterocycles. The minimum atomic E-state index is -1.19. The number of nitrogens with zero attached hydrogens (tertiary/aromatic N) is 3. The van der Waals surface area contributed by atoms with Crippen molar-refractivity contribution in [2.75, 3.05) is 53.6 Å². The summed E-state index contributed by atoms with van der Waals surface area (Å²) in [4.78, 5) is 114. The third kappa shape index (κ3) is 10.7. The molecule has 2 aromatic carbocycles. The lowest BCUT2D eigenvalue weighted by atomic mass is 9.44. The van der Waals surface area contributed by atoms with E-state index in [0.717, 1.165) is 12.8 Å². The molecule has 26 heteroatoms. The molecule has 5 unspecified atom stereocenters. The van der Waals surface area contributed by atoms with Gasteiger partial charge in [0.25, 0.3) is 5.91 Å². The summed E-state index contributed by atoms with van der Waals surface area (Å²) in [5.41, 5.74) is -2.22. The number of amides is 6. The van der Waals surface area contributed by atoms with Crippen molar-refractivity contribution < 1.29 is 77.0 Å². The van der Waals surface area contributed by atoms with E-state index in [1.165, 1.54) is 32.4 Å². The molecule has 1 aromatic heterocycles. The predicted octanol–water partition coefficient (Wildman–Crippen LogP) is 1.99. The summed E-state index contributed by atoms with van der Waals surface area (Å²) < 4.78 is 36.3. The van der Waals surface area contributed by atoms with Gasteiger partial charge in [0.05, 0.1) is 76.2 Å². The first-order chi connectivity index (χ1) is 40.6. The Balaban J connectivity index is 0.682. The molecule has 3 aromatic rings. The molecule has 450 valence electrons. The number of benzene rings is 2. The van der Waals surface area contributed by atoms with Crippen molar-refractivity contribution in [2.24, 2.45) is 11.3 Å². The molecule has 85 heavy (non-hydrogen) atoms. The summed E-state index contributed by atoms with van der Waals surface area (Å²) in [5, 5.41) is 50.3. The van der Waals surface area contributed by atoms with Crippen LogP contribution < -0.4 is 36.6 Å². The van der Waals surface area contributed by atoms with Crippen molar-refractivity contribution >= 4 is 69.6 Å². The molecule has 25 nitrogen and oxygen atoms in total. The first kappa shape index (κ1) is 59.6. The number of aromatic nitrogens is 1. The van der Waals surface area contributed by atoms with Crippen LogP contribution in [0.15, 0.2) is 43.0 Å². The van der Waals surface area contributed by atoms with E-state index in [4.69, 9.17) is 28.4 Å². The summed E-state index contributed by atoms with van der Waals surface area (Å²) in [7, 11) is 2.89. The molecule has 4 heterocycles. The van der Waals surface area contributed by atoms with Gasteiger partial charge in [0, 0.05) is 72.8 Å². The second kappa shape index (κ2) is 22.9. The van der Waals surface area contributed by atoms with E-state index in [1.54, 1.807) is 18.2 Å². The number of phenols is 2. The average Bonchev–Trinajstić information content (AvgIpc) is 1.75. The zero-order valence-electron chi connectivity index (χ0n) is 47.2. The number of ether oxygens (including phenoxy) is 6. The van der Waals surface area contributed by atoms with Crippen LogP contribution in [0.5, 0.6) is 17.2 Å². The van der Waals surface area contributed by atoms with E-state index in [2.05, 4.69) is 77.0 Å². The second-order valence-corrected chi connectivity index (χ2v) is 25.8. The minimum Gasteiger partial charge on any atom is -0.507 e. The number of methoxy groups -OCH3 is 2. The maximum absolute atomic E-state index is 14.9. The van der Waals surface area contributed by atoms with Crippen molar-refractivity contribution in [1.82, 2.24) is 41.8 Å². The number of nitriles is 1. The normalized spacial score (nSPS) is 29.6. The van der Waals surface area contributed by atoms with Crippen LogP contribution in [-0.2, 0) is 57.5 Å². The van der Waals surface area contributed by atoms with Crippen LogP contribution in [0, 0.1) is 22.7 Å². The molecule has 0 radical (unpaired) electrons. The summed E-state index contributed by atoms with van der Waals surface area (Å²) in [6.07, 6.45) is 0.277. The number of alkyl halides is 1. The topological polar surface area (TPSA) is 345 Å². The van der Waals surface area contributed by atoms with Crippen LogP contribution in [0.3, 0.4) is 0 Å². The summed E-state index contributed by atoms with van der Waals surface area (Å²) in [6, 6.07) is 9.39.